The monoisotopic (exact) mass is 365 g/mol. The molecule has 0 bridgehead atoms. The average molecular weight is 366 g/mol. The van der Waals surface area contributed by atoms with E-state index in [0.717, 1.165) is 46.6 Å². The molecular weight excluding hydrogens is 349 g/mol. The lowest BCUT2D eigenvalue weighted by molar-refractivity contribution is 0.170. The molecule has 1 N–H and O–H groups in total. The fourth-order valence-electron chi connectivity index (χ4n) is 2.38. The maximum atomic E-state index is 12.8. The molecule has 1 heterocycles. The van der Waals surface area contributed by atoms with E-state index >= 15 is 0 Å². The number of fused-ring (bicyclic) bond motifs is 1. The molecule has 2 aromatic carbocycles. The van der Waals surface area contributed by atoms with Gasteiger partial charge in [0.1, 0.15) is 19.0 Å². The van der Waals surface area contributed by atoms with Crippen molar-refractivity contribution in [2.45, 2.75) is 13.0 Å². The summed E-state index contributed by atoms with van der Waals surface area (Å²) in [5, 5.41) is 3.39. The first kappa shape index (κ1) is 15.3. The topological polar surface area (TPSA) is 30.5 Å². The second-order valence-electron chi connectivity index (χ2n) is 5.16. The van der Waals surface area contributed by atoms with Crippen LogP contribution in [-0.4, -0.2) is 19.8 Å². The number of nitrogens with one attached hydrogen (secondary N) is 1. The van der Waals surface area contributed by atoms with E-state index < -0.39 is 0 Å². The Morgan fingerprint density at radius 2 is 1.82 bits per heavy atom. The third kappa shape index (κ3) is 3.78. The van der Waals surface area contributed by atoms with Gasteiger partial charge in [0.2, 0.25) is 0 Å². The lowest BCUT2D eigenvalue weighted by Crippen LogP contribution is -2.18. The van der Waals surface area contributed by atoms with Crippen LogP contribution in [0.1, 0.15) is 11.1 Å². The van der Waals surface area contributed by atoms with Gasteiger partial charge in [0.15, 0.2) is 11.5 Å². The van der Waals surface area contributed by atoms with Gasteiger partial charge in [-0.15, -0.1) is 0 Å². The molecule has 3 nitrogen and oxygen atoms in total. The molecular formula is C17H17BrFNO2. The van der Waals surface area contributed by atoms with Gasteiger partial charge >= 0.3 is 0 Å². The smallest absolute Gasteiger partial charge is 0.175 e. The summed E-state index contributed by atoms with van der Waals surface area (Å²) < 4.78 is 24.9. The van der Waals surface area contributed by atoms with Crippen molar-refractivity contribution in [2.75, 3.05) is 19.8 Å². The summed E-state index contributed by atoms with van der Waals surface area (Å²) in [6, 6.07) is 10.7. The minimum Gasteiger partial charge on any atom is -0.486 e. The normalized spacial score (nSPS) is 13.2. The predicted molar refractivity (Wildman–Crippen MR) is 86.9 cm³/mol. The Hall–Kier alpha value is -1.59. The van der Waals surface area contributed by atoms with Gasteiger partial charge in [-0.05, 0) is 64.3 Å². The lowest BCUT2D eigenvalue weighted by Gasteiger charge is -2.20. The molecule has 0 fully saturated rings. The Bertz CT molecular complexity index is 646. The van der Waals surface area contributed by atoms with Crippen molar-refractivity contribution in [3.8, 4) is 11.5 Å². The molecule has 0 aromatic heterocycles. The molecule has 0 unspecified atom stereocenters. The van der Waals surface area contributed by atoms with Crippen molar-refractivity contribution in [2.24, 2.45) is 0 Å². The van der Waals surface area contributed by atoms with E-state index in [1.165, 1.54) is 12.1 Å². The van der Waals surface area contributed by atoms with Crippen LogP contribution in [0.2, 0.25) is 0 Å². The van der Waals surface area contributed by atoms with E-state index in [1.54, 1.807) is 0 Å². The van der Waals surface area contributed by atoms with Crippen LogP contribution in [-0.2, 0) is 13.0 Å². The van der Waals surface area contributed by atoms with Crippen molar-refractivity contribution in [1.29, 1.82) is 0 Å². The van der Waals surface area contributed by atoms with E-state index in [2.05, 4.69) is 21.2 Å². The highest BCUT2D eigenvalue weighted by atomic mass is 79.9. The highest BCUT2D eigenvalue weighted by Gasteiger charge is 2.16. The molecule has 1 aliphatic rings. The Kier molecular flexibility index (Phi) is 4.95. The van der Waals surface area contributed by atoms with Crippen LogP contribution < -0.4 is 14.8 Å². The van der Waals surface area contributed by atoms with Crippen molar-refractivity contribution >= 4 is 15.9 Å². The molecule has 3 rings (SSSR count). The van der Waals surface area contributed by atoms with E-state index in [1.807, 2.05) is 24.3 Å². The highest BCUT2D eigenvalue weighted by molar-refractivity contribution is 9.10. The summed E-state index contributed by atoms with van der Waals surface area (Å²) >= 11 is 3.52. The summed E-state index contributed by atoms with van der Waals surface area (Å²) in [7, 11) is 0. The SMILES string of the molecule is Fc1ccc(CCNCc2cc(Br)c3c(c2)OCCO3)cc1. The molecule has 0 amide bonds. The molecule has 0 radical (unpaired) electrons. The van der Waals surface area contributed by atoms with Crippen molar-refractivity contribution < 1.29 is 13.9 Å². The average Bonchev–Trinajstić information content (AvgIpc) is 2.53. The predicted octanol–water partition coefficient (Wildman–Crippen LogP) is 3.69. The van der Waals surface area contributed by atoms with Crippen LogP contribution in [0, 0.1) is 5.82 Å². The second-order valence-corrected chi connectivity index (χ2v) is 6.01. The molecule has 0 aliphatic carbocycles. The first-order valence-electron chi connectivity index (χ1n) is 7.25. The Balaban J connectivity index is 1.53. The molecule has 2 aromatic rings. The highest BCUT2D eigenvalue weighted by Crippen LogP contribution is 2.38. The van der Waals surface area contributed by atoms with E-state index in [0.29, 0.717) is 13.2 Å². The van der Waals surface area contributed by atoms with Gasteiger partial charge < -0.3 is 14.8 Å². The number of hydrogen-bond donors (Lipinski definition) is 1. The molecule has 22 heavy (non-hydrogen) atoms. The van der Waals surface area contributed by atoms with Gasteiger partial charge in [0.25, 0.3) is 0 Å². The standard InChI is InChI=1S/C17H17BrFNO2/c18-15-9-13(10-16-17(15)22-8-7-21-16)11-20-6-5-12-1-3-14(19)4-2-12/h1-4,9-10,20H,5-8,11H2. The zero-order valence-corrected chi connectivity index (χ0v) is 13.7. The summed E-state index contributed by atoms with van der Waals surface area (Å²) in [6.45, 7) is 2.75. The van der Waals surface area contributed by atoms with Gasteiger partial charge in [-0.2, -0.15) is 0 Å². The van der Waals surface area contributed by atoms with Gasteiger partial charge in [-0.3, -0.25) is 0 Å². The van der Waals surface area contributed by atoms with Crippen molar-refractivity contribution in [3.05, 3.63) is 57.8 Å². The number of rotatable bonds is 5. The Morgan fingerprint density at radius 1 is 1.05 bits per heavy atom. The van der Waals surface area contributed by atoms with Crippen LogP contribution in [0.3, 0.4) is 0 Å². The second kappa shape index (κ2) is 7.11. The molecule has 116 valence electrons. The fourth-order valence-corrected chi connectivity index (χ4v) is 2.99. The third-order valence-electron chi connectivity index (χ3n) is 3.49. The third-order valence-corrected chi connectivity index (χ3v) is 4.08. The van der Waals surface area contributed by atoms with Crippen molar-refractivity contribution in [3.63, 3.8) is 0 Å². The van der Waals surface area contributed by atoms with Crippen LogP contribution >= 0.6 is 15.9 Å². The van der Waals surface area contributed by atoms with E-state index in [-0.39, 0.29) is 5.82 Å². The van der Waals surface area contributed by atoms with Gasteiger partial charge in [-0.1, -0.05) is 12.1 Å². The van der Waals surface area contributed by atoms with Crippen LogP contribution in [0.4, 0.5) is 4.39 Å². The number of benzene rings is 2. The summed E-state index contributed by atoms with van der Waals surface area (Å²) in [5.74, 6) is 1.37. The molecule has 0 atom stereocenters. The van der Waals surface area contributed by atoms with Gasteiger partial charge in [-0.25, -0.2) is 4.39 Å². The summed E-state index contributed by atoms with van der Waals surface area (Å²) in [5.41, 5.74) is 2.26. The maximum absolute atomic E-state index is 12.8. The van der Waals surface area contributed by atoms with Crippen LogP contribution in [0.5, 0.6) is 11.5 Å². The molecule has 0 spiro atoms. The molecule has 5 heteroatoms. The van der Waals surface area contributed by atoms with Gasteiger partial charge in [0.05, 0.1) is 4.47 Å². The largest absolute Gasteiger partial charge is 0.486 e. The quantitative estimate of drug-likeness (QED) is 0.819. The Labute approximate surface area is 137 Å². The molecule has 1 aliphatic heterocycles. The number of ether oxygens (including phenoxy) is 2. The minimum absolute atomic E-state index is 0.196. The van der Waals surface area contributed by atoms with Crippen molar-refractivity contribution in [1.82, 2.24) is 5.32 Å². The zero-order valence-electron chi connectivity index (χ0n) is 12.1. The molecule has 0 saturated carbocycles. The Morgan fingerprint density at radius 3 is 2.64 bits per heavy atom. The number of halogens is 2. The van der Waals surface area contributed by atoms with Gasteiger partial charge in [0, 0.05) is 6.54 Å². The van der Waals surface area contributed by atoms with Crippen LogP contribution in [0.25, 0.3) is 0 Å². The zero-order chi connectivity index (χ0) is 15.4. The molecule has 0 saturated heterocycles. The van der Waals surface area contributed by atoms with E-state index in [9.17, 15) is 4.39 Å². The number of hydrogen-bond acceptors (Lipinski definition) is 3. The van der Waals surface area contributed by atoms with Crippen LogP contribution in [0.15, 0.2) is 40.9 Å². The summed E-state index contributed by atoms with van der Waals surface area (Å²) in [4.78, 5) is 0. The minimum atomic E-state index is -0.196. The first-order chi connectivity index (χ1) is 10.7. The fraction of sp³-hybridized carbons (Fsp3) is 0.294. The summed E-state index contributed by atoms with van der Waals surface area (Å²) in [6.07, 6.45) is 0.867. The first-order valence-corrected chi connectivity index (χ1v) is 8.05. The maximum Gasteiger partial charge on any atom is 0.175 e. The van der Waals surface area contributed by atoms with E-state index in [4.69, 9.17) is 9.47 Å². The lowest BCUT2D eigenvalue weighted by atomic mass is 10.1.